The third kappa shape index (κ3) is 3.44. The minimum atomic E-state index is 0.679. The van der Waals surface area contributed by atoms with Crippen molar-refractivity contribution in [3.8, 4) is 11.5 Å². The quantitative estimate of drug-likeness (QED) is 0.481. The van der Waals surface area contributed by atoms with Crippen LogP contribution in [-0.2, 0) is 4.74 Å². The van der Waals surface area contributed by atoms with Gasteiger partial charge in [0.05, 0.1) is 29.8 Å². The first kappa shape index (κ1) is 17.5. The summed E-state index contributed by atoms with van der Waals surface area (Å²) in [5.41, 5.74) is 4.67. The largest absolute Gasteiger partial charge is 0.384 e. The summed E-state index contributed by atoms with van der Waals surface area (Å²) in [5.74, 6) is 0.731. The number of fused-ring (bicyclic) bond motifs is 2. The Bertz CT molecular complexity index is 1110. The van der Waals surface area contributed by atoms with Crippen molar-refractivity contribution in [2.24, 2.45) is 0 Å². The van der Waals surface area contributed by atoms with Crippen LogP contribution in [0.3, 0.4) is 0 Å². The number of aromatic amines is 2. The molecule has 1 saturated heterocycles. The van der Waals surface area contributed by atoms with Gasteiger partial charge in [0.15, 0.2) is 5.82 Å². The van der Waals surface area contributed by atoms with E-state index in [1.807, 2.05) is 24.3 Å². The molecule has 8 heteroatoms. The summed E-state index contributed by atoms with van der Waals surface area (Å²) in [6, 6.07) is 11.8. The fourth-order valence-corrected chi connectivity index (χ4v) is 3.75. The Morgan fingerprint density at radius 1 is 1.11 bits per heavy atom. The average molecular weight is 397 g/mol. The van der Waals surface area contributed by atoms with E-state index in [1.165, 1.54) is 0 Å². The van der Waals surface area contributed by atoms with Gasteiger partial charge in [0.1, 0.15) is 5.69 Å². The topological polar surface area (TPSA) is 81.9 Å². The minimum absolute atomic E-state index is 0.679. The third-order valence-electron chi connectivity index (χ3n) is 5.09. The van der Waals surface area contributed by atoms with Crippen molar-refractivity contribution in [2.45, 2.75) is 0 Å². The molecule has 3 heterocycles. The van der Waals surface area contributed by atoms with Gasteiger partial charge >= 0.3 is 0 Å². The van der Waals surface area contributed by atoms with Gasteiger partial charge in [-0.15, -0.1) is 0 Å². The Labute approximate surface area is 167 Å². The van der Waals surface area contributed by atoms with Crippen molar-refractivity contribution in [3.05, 3.63) is 41.4 Å². The van der Waals surface area contributed by atoms with Gasteiger partial charge in [0.25, 0.3) is 0 Å². The Balaban J connectivity index is 1.35. The molecule has 1 fully saturated rings. The minimum Gasteiger partial charge on any atom is -0.384 e. The third-order valence-corrected chi connectivity index (χ3v) is 5.33. The first-order valence-electron chi connectivity index (χ1n) is 9.44. The SMILES string of the molecule is Clc1ccc2[nH]nc(-c3nc4ccc(NCCN5CCOCC5)cc4[nH]3)c2c1. The van der Waals surface area contributed by atoms with Crippen LogP contribution in [0.2, 0.25) is 5.02 Å². The van der Waals surface area contributed by atoms with Gasteiger partial charge in [0, 0.05) is 42.3 Å². The van der Waals surface area contributed by atoms with Gasteiger partial charge in [-0.25, -0.2) is 4.98 Å². The lowest BCUT2D eigenvalue weighted by Crippen LogP contribution is -2.38. The van der Waals surface area contributed by atoms with Crippen LogP contribution in [-0.4, -0.2) is 64.5 Å². The predicted molar refractivity (Wildman–Crippen MR) is 112 cm³/mol. The molecule has 0 saturated carbocycles. The molecule has 0 radical (unpaired) electrons. The number of nitrogens with one attached hydrogen (secondary N) is 3. The van der Waals surface area contributed by atoms with Crippen molar-refractivity contribution in [2.75, 3.05) is 44.7 Å². The molecule has 0 amide bonds. The van der Waals surface area contributed by atoms with Gasteiger partial charge in [-0.1, -0.05) is 11.6 Å². The number of imidazole rings is 1. The zero-order valence-corrected chi connectivity index (χ0v) is 16.1. The molecular weight excluding hydrogens is 376 g/mol. The van der Waals surface area contributed by atoms with Crippen molar-refractivity contribution in [3.63, 3.8) is 0 Å². The number of ether oxygens (including phenoxy) is 1. The molecule has 2 aromatic heterocycles. The van der Waals surface area contributed by atoms with Gasteiger partial charge < -0.3 is 15.0 Å². The fourth-order valence-electron chi connectivity index (χ4n) is 3.58. The molecule has 0 bridgehead atoms. The molecule has 0 atom stereocenters. The number of hydrogen-bond acceptors (Lipinski definition) is 5. The van der Waals surface area contributed by atoms with E-state index in [-0.39, 0.29) is 0 Å². The maximum Gasteiger partial charge on any atom is 0.159 e. The molecule has 0 unspecified atom stereocenters. The lowest BCUT2D eigenvalue weighted by atomic mass is 10.2. The first-order valence-corrected chi connectivity index (χ1v) is 9.82. The number of morpholine rings is 1. The molecule has 2 aromatic carbocycles. The van der Waals surface area contributed by atoms with Crippen LogP contribution in [0, 0.1) is 0 Å². The van der Waals surface area contributed by atoms with Gasteiger partial charge in [-0.3, -0.25) is 10.00 Å². The Kier molecular flexibility index (Phi) is 4.64. The van der Waals surface area contributed by atoms with Gasteiger partial charge in [-0.2, -0.15) is 5.10 Å². The maximum absolute atomic E-state index is 6.15. The highest BCUT2D eigenvalue weighted by atomic mass is 35.5. The standard InChI is InChI=1S/C20H21ClN6O/c21-13-1-3-16-15(11-13)19(26-25-16)20-23-17-4-2-14(12-18(17)24-20)22-5-6-27-7-9-28-10-8-27/h1-4,11-12,22H,5-10H2,(H,23,24)(H,25,26). The lowest BCUT2D eigenvalue weighted by molar-refractivity contribution is 0.0398. The van der Waals surface area contributed by atoms with Crippen LogP contribution in [0.5, 0.6) is 0 Å². The molecule has 5 rings (SSSR count). The zero-order valence-electron chi connectivity index (χ0n) is 15.3. The first-order chi connectivity index (χ1) is 13.8. The van der Waals surface area contributed by atoms with E-state index >= 15 is 0 Å². The number of H-pyrrole nitrogens is 2. The molecule has 7 nitrogen and oxygen atoms in total. The van der Waals surface area contributed by atoms with Crippen LogP contribution in [0.4, 0.5) is 5.69 Å². The van der Waals surface area contributed by atoms with E-state index in [9.17, 15) is 0 Å². The summed E-state index contributed by atoms with van der Waals surface area (Å²) in [5, 5.41) is 12.6. The number of anilines is 1. The Hall–Kier alpha value is -2.61. The number of halogens is 1. The molecule has 144 valence electrons. The summed E-state index contributed by atoms with van der Waals surface area (Å²) >= 11 is 6.15. The monoisotopic (exact) mass is 396 g/mol. The second-order valence-electron chi connectivity index (χ2n) is 6.96. The molecule has 28 heavy (non-hydrogen) atoms. The van der Waals surface area contributed by atoms with E-state index in [0.29, 0.717) is 5.02 Å². The summed E-state index contributed by atoms with van der Waals surface area (Å²) < 4.78 is 5.39. The average Bonchev–Trinajstić information content (AvgIpc) is 3.31. The maximum atomic E-state index is 6.15. The Morgan fingerprint density at radius 2 is 2.00 bits per heavy atom. The zero-order chi connectivity index (χ0) is 18.9. The molecular formula is C20H21ClN6O. The summed E-state index contributed by atoms with van der Waals surface area (Å²) in [6.45, 7) is 5.58. The fraction of sp³-hybridized carbons (Fsp3) is 0.300. The molecule has 1 aliphatic rings. The van der Waals surface area contributed by atoms with Gasteiger partial charge in [0.2, 0.25) is 0 Å². The number of rotatable bonds is 5. The van der Waals surface area contributed by atoms with E-state index < -0.39 is 0 Å². The molecule has 0 aliphatic carbocycles. The second kappa shape index (κ2) is 7.43. The van der Waals surface area contributed by atoms with Crippen molar-refractivity contribution in [1.82, 2.24) is 25.1 Å². The van der Waals surface area contributed by atoms with Gasteiger partial charge in [-0.05, 0) is 36.4 Å². The Morgan fingerprint density at radius 3 is 2.89 bits per heavy atom. The lowest BCUT2D eigenvalue weighted by Gasteiger charge is -2.26. The van der Waals surface area contributed by atoms with E-state index in [4.69, 9.17) is 21.3 Å². The normalized spacial score (nSPS) is 15.5. The molecule has 4 aromatic rings. The summed E-state index contributed by atoms with van der Waals surface area (Å²) in [4.78, 5) is 10.5. The number of hydrogen-bond donors (Lipinski definition) is 3. The molecule has 3 N–H and O–H groups in total. The van der Waals surface area contributed by atoms with Crippen molar-refractivity contribution < 1.29 is 4.74 Å². The number of benzene rings is 2. The van der Waals surface area contributed by atoms with E-state index in [1.54, 1.807) is 0 Å². The smallest absolute Gasteiger partial charge is 0.159 e. The van der Waals surface area contributed by atoms with Crippen molar-refractivity contribution >= 4 is 39.2 Å². The highest BCUT2D eigenvalue weighted by molar-refractivity contribution is 6.31. The van der Waals surface area contributed by atoms with Crippen LogP contribution >= 0.6 is 11.6 Å². The van der Waals surface area contributed by atoms with Crippen LogP contribution in [0.1, 0.15) is 0 Å². The molecule has 1 aliphatic heterocycles. The number of aromatic nitrogens is 4. The van der Waals surface area contributed by atoms with Crippen molar-refractivity contribution in [1.29, 1.82) is 0 Å². The summed E-state index contributed by atoms with van der Waals surface area (Å²) in [7, 11) is 0. The molecule has 0 spiro atoms. The van der Waals surface area contributed by atoms with Crippen LogP contribution < -0.4 is 5.32 Å². The van der Waals surface area contributed by atoms with Crippen LogP contribution in [0.15, 0.2) is 36.4 Å². The van der Waals surface area contributed by atoms with E-state index in [2.05, 4.69) is 37.5 Å². The van der Waals surface area contributed by atoms with Crippen LogP contribution in [0.25, 0.3) is 33.5 Å². The highest BCUT2D eigenvalue weighted by Crippen LogP contribution is 2.28. The van der Waals surface area contributed by atoms with E-state index in [0.717, 1.165) is 78.5 Å². The highest BCUT2D eigenvalue weighted by Gasteiger charge is 2.13. The summed E-state index contributed by atoms with van der Waals surface area (Å²) in [6.07, 6.45) is 0. The second-order valence-corrected chi connectivity index (χ2v) is 7.40. The predicted octanol–water partition coefficient (Wildman–Crippen LogP) is 3.50. The number of nitrogens with zero attached hydrogens (tertiary/aromatic N) is 3.